The maximum Gasteiger partial charge on any atom is 0.261 e. The van der Waals surface area contributed by atoms with Crippen LogP contribution in [0.25, 0.3) is 0 Å². The van der Waals surface area contributed by atoms with E-state index in [-0.39, 0.29) is 17.6 Å². The number of guanidine groups is 1. The van der Waals surface area contributed by atoms with Gasteiger partial charge in [-0.3, -0.25) is 19.5 Å². The van der Waals surface area contributed by atoms with Crippen LogP contribution in [0.15, 0.2) is 47.5 Å². The highest BCUT2D eigenvalue weighted by atomic mass is 19.1. The molecule has 0 fully saturated rings. The molecule has 1 aliphatic heterocycles. The summed E-state index contributed by atoms with van der Waals surface area (Å²) in [6, 6.07) is 11.8. The monoisotopic (exact) mass is 440 g/mol. The lowest BCUT2D eigenvalue weighted by Crippen LogP contribution is -2.38. The molecule has 0 radical (unpaired) electrons. The third kappa shape index (κ3) is 5.25. The normalized spacial score (nSPS) is 13.4. The summed E-state index contributed by atoms with van der Waals surface area (Å²) in [5.41, 5.74) is 1.75. The first-order valence-corrected chi connectivity index (χ1v) is 10.7. The van der Waals surface area contributed by atoms with Gasteiger partial charge < -0.3 is 15.0 Å². The van der Waals surface area contributed by atoms with Gasteiger partial charge in [0.15, 0.2) is 17.5 Å². The highest BCUT2D eigenvalue weighted by Crippen LogP contribution is 2.22. The van der Waals surface area contributed by atoms with E-state index >= 15 is 0 Å². The molecule has 170 valence electrons. The van der Waals surface area contributed by atoms with E-state index in [1.807, 2.05) is 24.9 Å². The number of methoxy groups -OCH3 is 1. The van der Waals surface area contributed by atoms with Crippen molar-refractivity contribution in [3.63, 3.8) is 0 Å². The lowest BCUT2D eigenvalue weighted by atomic mass is 10.1. The zero-order chi connectivity index (χ0) is 23.1. The van der Waals surface area contributed by atoms with Crippen LogP contribution in [0.5, 0.6) is 5.75 Å². The number of amides is 2. The molecule has 2 amide bonds. The van der Waals surface area contributed by atoms with Gasteiger partial charge in [0.25, 0.3) is 11.8 Å². The number of carbonyl (C=O) groups is 2. The van der Waals surface area contributed by atoms with E-state index in [4.69, 9.17) is 4.74 Å². The number of ether oxygens (including phenoxy) is 1. The summed E-state index contributed by atoms with van der Waals surface area (Å²) >= 11 is 0. The van der Waals surface area contributed by atoms with E-state index in [1.54, 1.807) is 30.3 Å². The van der Waals surface area contributed by atoms with Gasteiger partial charge in [-0.25, -0.2) is 4.39 Å². The summed E-state index contributed by atoms with van der Waals surface area (Å²) < 4.78 is 18.9. The summed E-state index contributed by atoms with van der Waals surface area (Å²) in [6.45, 7) is 4.10. The summed E-state index contributed by atoms with van der Waals surface area (Å²) in [7, 11) is 3.33. The average molecular weight is 441 g/mol. The molecule has 0 aromatic heterocycles. The maximum absolute atomic E-state index is 14.0. The van der Waals surface area contributed by atoms with Crippen LogP contribution in [-0.2, 0) is 6.54 Å². The van der Waals surface area contributed by atoms with Gasteiger partial charge in [-0.05, 0) is 49.6 Å². The molecule has 0 bridgehead atoms. The molecule has 0 saturated heterocycles. The second kappa shape index (κ2) is 10.7. The molecule has 8 heteroatoms. The zero-order valence-electron chi connectivity index (χ0n) is 18.7. The fourth-order valence-corrected chi connectivity index (χ4v) is 3.64. The van der Waals surface area contributed by atoms with Crippen molar-refractivity contribution in [3.8, 4) is 5.75 Å². The molecule has 0 spiro atoms. The fourth-order valence-electron chi connectivity index (χ4n) is 3.64. The van der Waals surface area contributed by atoms with E-state index in [1.165, 1.54) is 18.1 Å². The Morgan fingerprint density at radius 3 is 2.41 bits per heavy atom. The first-order valence-electron chi connectivity index (χ1n) is 10.7. The summed E-state index contributed by atoms with van der Waals surface area (Å²) in [5, 5.41) is 3.24. The Hall–Kier alpha value is -3.42. The van der Waals surface area contributed by atoms with Crippen LogP contribution in [0.2, 0.25) is 0 Å². The molecule has 1 aliphatic rings. The number of hydrogen-bond acceptors (Lipinski definition) is 4. The van der Waals surface area contributed by atoms with Crippen molar-refractivity contribution >= 4 is 17.8 Å². The van der Waals surface area contributed by atoms with Crippen molar-refractivity contribution in [1.82, 2.24) is 15.1 Å². The Morgan fingerprint density at radius 1 is 1.12 bits per heavy atom. The number of unbranched alkanes of at least 4 members (excludes halogenated alkanes) is 1. The standard InChI is InChI=1S/C24H29FN4O3/c1-4-26-24(28(2)16-17-11-12-21(32-3)20(25)15-17)27-13-7-8-14-29-22(30)18-9-5-6-10-19(18)23(29)31/h5-6,9-12,15H,4,7-8,13-14,16H2,1-3H3,(H,26,27). The molecule has 3 rings (SSSR count). The number of hydrogen-bond donors (Lipinski definition) is 1. The van der Waals surface area contributed by atoms with Crippen LogP contribution < -0.4 is 10.1 Å². The lowest BCUT2D eigenvalue weighted by molar-refractivity contribution is 0.0652. The van der Waals surface area contributed by atoms with Crippen molar-refractivity contribution in [3.05, 3.63) is 65.0 Å². The summed E-state index contributed by atoms with van der Waals surface area (Å²) in [4.78, 5) is 32.7. The van der Waals surface area contributed by atoms with E-state index in [9.17, 15) is 14.0 Å². The van der Waals surface area contributed by atoms with E-state index in [0.717, 1.165) is 12.0 Å². The molecule has 2 aromatic carbocycles. The lowest BCUT2D eigenvalue weighted by Gasteiger charge is -2.22. The van der Waals surface area contributed by atoms with Gasteiger partial charge in [-0.15, -0.1) is 0 Å². The van der Waals surface area contributed by atoms with Crippen molar-refractivity contribution in [1.29, 1.82) is 0 Å². The van der Waals surface area contributed by atoms with Gasteiger partial charge >= 0.3 is 0 Å². The number of aliphatic imine (C=N–C) groups is 1. The van der Waals surface area contributed by atoms with Crippen molar-refractivity contribution in [2.75, 3.05) is 33.8 Å². The topological polar surface area (TPSA) is 74.2 Å². The number of imide groups is 1. The Kier molecular flexibility index (Phi) is 7.81. The Labute approximate surface area is 187 Å². The quantitative estimate of drug-likeness (QED) is 0.280. The first-order chi connectivity index (χ1) is 15.5. The number of benzene rings is 2. The molecule has 0 aliphatic carbocycles. The SMILES string of the molecule is CCNC(=NCCCCN1C(=O)c2ccccc2C1=O)N(C)Cc1ccc(OC)c(F)c1. The highest BCUT2D eigenvalue weighted by molar-refractivity contribution is 6.21. The number of carbonyl (C=O) groups excluding carboxylic acids is 2. The Morgan fingerprint density at radius 2 is 1.81 bits per heavy atom. The van der Waals surface area contributed by atoms with E-state index < -0.39 is 5.82 Å². The molecule has 32 heavy (non-hydrogen) atoms. The number of halogens is 1. The third-order valence-electron chi connectivity index (χ3n) is 5.26. The molecule has 1 N–H and O–H groups in total. The minimum Gasteiger partial charge on any atom is -0.494 e. The number of nitrogens with zero attached hydrogens (tertiary/aromatic N) is 3. The number of nitrogens with one attached hydrogen (secondary N) is 1. The van der Waals surface area contributed by atoms with Crippen LogP contribution in [0.3, 0.4) is 0 Å². The predicted molar refractivity (Wildman–Crippen MR) is 121 cm³/mol. The number of rotatable bonds is 9. The van der Waals surface area contributed by atoms with Gasteiger partial charge in [0, 0.05) is 33.2 Å². The van der Waals surface area contributed by atoms with Crippen LogP contribution in [0.1, 0.15) is 46.0 Å². The second-order valence-corrected chi connectivity index (χ2v) is 7.58. The van der Waals surface area contributed by atoms with Crippen molar-refractivity contribution < 1.29 is 18.7 Å². The van der Waals surface area contributed by atoms with Crippen molar-refractivity contribution in [2.45, 2.75) is 26.3 Å². The zero-order valence-corrected chi connectivity index (χ0v) is 18.7. The molecule has 2 aromatic rings. The fraction of sp³-hybridized carbons (Fsp3) is 0.375. The Bertz CT molecular complexity index is 973. The van der Waals surface area contributed by atoms with Gasteiger partial charge in [0.2, 0.25) is 0 Å². The second-order valence-electron chi connectivity index (χ2n) is 7.58. The van der Waals surface area contributed by atoms with Gasteiger partial charge in [-0.2, -0.15) is 0 Å². The molecular formula is C24H29FN4O3. The number of fused-ring (bicyclic) bond motifs is 1. The van der Waals surface area contributed by atoms with Crippen LogP contribution in [0.4, 0.5) is 4.39 Å². The smallest absolute Gasteiger partial charge is 0.261 e. The van der Waals surface area contributed by atoms with Gasteiger partial charge in [0.1, 0.15) is 0 Å². The summed E-state index contributed by atoms with van der Waals surface area (Å²) in [6.07, 6.45) is 1.40. The minimum absolute atomic E-state index is 0.218. The Balaban J connectivity index is 1.51. The van der Waals surface area contributed by atoms with Crippen LogP contribution in [0, 0.1) is 5.82 Å². The van der Waals surface area contributed by atoms with Crippen molar-refractivity contribution in [2.24, 2.45) is 4.99 Å². The minimum atomic E-state index is -0.395. The predicted octanol–water partition coefficient (Wildman–Crippen LogP) is 3.31. The largest absolute Gasteiger partial charge is 0.494 e. The third-order valence-corrected chi connectivity index (χ3v) is 5.26. The van der Waals surface area contributed by atoms with Crippen LogP contribution >= 0.6 is 0 Å². The van der Waals surface area contributed by atoms with E-state index in [2.05, 4.69) is 10.3 Å². The molecule has 1 heterocycles. The van der Waals surface area contributed by atoms with E-state index in [0.29, 0.717) is 49.7 Å². The molecule has 0 saturated carbocycles. The van der Waals surface area contributed by atoms with Crippen LogP contribution in [-0.4, -0.2) is 61.4 Å². The average Bonchev–Trinajstić information content (AvgIpc) is 3.03. The molecule has 0 unspecified atom stereocenters. The maximum atomic E-state index is 14.0. The molecule has 0 atom stereocenters. The van der Waals surface area contributed by atoms with Gasteiger partial charge in [-0.1, -0.05) is 18.2 Å². The first kappa shape index (κ1) is 23.2. The summed E-state index contributed by atoms with van der Waals surface area (Å²) in [5.74, 6) is 0.0794. The van der Waals surface area contributed by atoms with Gasteiger partial charge in [0.05, 0.1) is 18.2 Å². The highest BCUT2D eigenvalue weighted by Gasteiger charge is 2.34. The molecular weight excluding hydrogens is 411 g/mol. The molecule has 7 nitrogen and oxygen atoms in total.